The smallest absolute Gasteiger partial charge is 0.326 e. The van der Waals surface area contributed by atoms with E-state index < -0.39 is 16.2 Å². The van der Waals surface area contributed by atoms with Gasteiger partial charge in [-0.15, -0.1) is 3.89 Å². The van der Waals surface area contributed by atoms with Crippen LogP contribution in [0.5, 0.6) is 0 Å². The Morgan fingerprint density at radius 1 is 1.56 bits per heavy atom. The molecule has 0 aliphatic rings. The van der Waals surface area contributed by atoms with Crippen molar-refractivity contribution in [1.82, 2.24) is 0 Å². The Labute approximate surface area is 54.0 Å². The molecule has 0 fully saturated rings. The van der Waals surface area contributed by atoms with E-state index in [1.54, 1.807) is 0 Å². The number of rotatable bonds is 4. The van der Waals surface area contributed by atoms with Gasteiger partial charge in [0.05, 0.1) is 0 Å². The zero-order valence-corrected chi connectivity index (χ0v) is 5.95. The summed E-state index contributed by atoms with van der Waals surface area (Å²) in [5.74, 6) is -0.819. The van der Waals surface area contributed by atoms with Gasteiger partial charge < -0.3 is 4.74 Å². The van der Waals surface area contributed by atoms with Crippen LogP contribution >= 0.6 is 0 Å². The minimum Gasteiger partial charge on any atom is -0.363 e. The van der Waals surface area contributed by atoms with Crippen molar-refractivity contribution in [3.63, 3.8) is 0 Å². The molecule has 3 nitrogen and oxygen atoms in total. The average Bonchev–Trinajstić information content (AvgIpc) is 1.63. The monoisotopic (exact) mass is 156 g/mol. The SMILES string of the molecule is CCCOCS(=O)(=O)F. The van der Waals surface area contributed by atoms with Gasteiger partial charge in [0.15, 0.2) is 5.94 Å². The van der Waals surface area contributed by atoms with Gasteiger partial charge in [0.2, 0.25) is 0 Å². The van der Waals surface area contributed by atoms with Crippen LogP contribution in [0.1, 0.15) is 13.3 Å². The van der Waals surface area contributed by atoms with Crippen LogP contribution in [0.25, 0.3) is 0 Å². The third-order valence-corrected chi connectivity index (χ3v) is 1.02. The van der Waals surface area contributed by atoms with Crippen LogP contribution in [0.15, 0.2) is 0 Å². The predicted octanol–water partition coefficient (Wildman–Crippen LogP) is 0.670. The molecule has 0 rings (SSSR count). The molecular formula is C4H9FO3S. The molecule has 0 unspecified atom stereocenters. The maximum atomic E-state index is 11.6. The maximum absolute atomic E-state index is 11.6. The Bertz CT molecular complexity index is 151. The van der Waals surface area contributed by atoms with Gasteiger partial charge in [0.25, 0.3) is 0 Å². The summed E-state index contributed by atoms with van der Waals surface area (Å²) in [5, 5.41) is 0. The fourth-order valence-electron chi connectivity index (χ4n) is 0.303. The lowest BCUT2D eigenvalue weighted by molar-refractivity contribution is 0.174. The van der Waals surface area contributed by atoms with Gasteiger partial charge in [-0.1, -0.05) is 6.92 Å². The first kappa shape index (κ1) is 8.84. The molecule has 0 radical (unpaired) electrons. The van der Waals surface area contributed by atoms with Gasteiger partial charge in [-0.05, 0) is 6.42 Å². The van der Waals surface area contributed by atoms with E-state index in [4.69, 9.17) is 0 Å². The molecule has 0 bridgehead atoms. The van der Waals surface area contributed by atoms with E-state index in [-0.39, 0.29) is 6.61 Å². The molecule has 0 aromatic rings. The van der Waals surface area contributed by atoms with Crippen molar-refractivity contribution < 1.29 is 17.0 Å². The van der Waals surface area contributed by atoms with Gasteiger partial charge >= 0.3 is 10.2 Å². The van der Waals surface area contributed by atoms with Crippen molar-refractivity contribution in [2.45, 2.75) is 13.3 Å². The maximum Gasteiger partial charge on any atom is 0.326 e. The highest BCUT2D eigenvalue weighted by molar-refractivity contribution is 7.86. The molecule has 0 amide bonds. The molecular weight excluding hydrogens is 147 g/mol. The summed E-state index contributed by atoms with van der Waals surface area (Å²) in [6.45, 7) is 2.09. The first-order valence-electron chi connectivity index (χ1n) is 2.56. The van der Waals surface area contributed by atoms with E-state index >= 15 is 0 Å². The van der Waals surface area contributed by atoms with E-state index in [1.165, 1.54) is 0 Å². The molecule has 56 valence electrons. The summed E-state index contributed by atoms with van der Waals surface area (Å²) in [7, 11) is -4.42. The first-order chi connectivity index (χ1) is 4.06. The number of ether oxygens (including phenoxy) is 1. The number of halogens is 1. The molecule has 0 aromatic heterocycles. The van der Waals surface area contributed by atoms with E-state index in [2.05, 4.69) is 4.74 Å². The van der Waals surface area contributed by atoms with E-state index in [1.807, 2.05) is 6.92 Å². The zero-order chi connectivity index (χ0) is 7.33. The van der Waals surface area contributed by atoms with E-state index in [9.17, 15) is 12.3 Å². The van der Waals surface area contributed by atoms with Gasteiger partial charge in [-0.3, -0.25) is 0 Å². The van der Waals surface area contributed by atoms with Crippen molar-refractivity contribution in [2.75, 3.05) is 12.5 Å². The summed E-state index contributed by atoms with van der Waals surface area (Å²) in [4.78, 5) is 0. The molecule has 5 heteroatoms. The Balaban J connectivity index is 3.30. The Hall–Kier alpha value is -0.160. The topological polar surface area (TPSA) is 43.4 Å². The average molecular weight is 156 g/mol. The minimum atomic E-state index is -4.42. The third-order valence-electron chi connectivity index (χ3n) is 0.573. The van der Waals surface area contributed by atoms with Crippen LogP contribution in [-0.4, -0.2) is 21.0 Å². The number of hydrogen-bond donors (Lipinski definition) is 0. The molecule has 0 aromatic carbocycles. The number of hydrogen-bond acceptors (Lipinski definition) is 3. The quantitative estimate of drug-likeness (QED) is 0.444. The van der Waals surface area contributed by atoms with Gasteiger partial charge in [-0.25, -0.2) is 0 Å². The van der Waals surface area contributed by atoms with Crippen LogP contribution in [-0.2, 0) is 15.0 Å². The fraction of sp³-hybridized carbons (Fsp3) is 1.00. The van der Waals surface area contributed by atoms with Crippen LogP contribution < -0.4 is 0 Å². The lowest BCUT2D eigenvalue weighted by Gasteiger charge is -1.94. The molecule has 0 heterocycles. The fourth-order valence-corrected chi connectivity index (χ4v) is 0.620. The summed E-state index contributed by atoms with van der Waals surface area (Å²) in [6.07, 6.45) is 0.690. The second-order valence-corrected chi connectivity index (χ2v) is 2.88. The van der Waals surface area contributed by atoms with Gasteiger partial charge in [0.1, 0.15) is 0 Å². The lowest BCUT2D eigenvalue weighted by atomic mass is 10.5. The van der Waals surface area contributed by atoms with Crippen LogP contribution in [0.3, 0.4) is 0 Å². The highest BCUT2D eigenvalue weighted by atomic mass is 32.3. The second-order valence-electron chi connectivity index (χ2n) is 1.56. The lowest BCUT2D eigenvalue weighted by Crippen LogP contribution is -2.03. The molecule has 0 atom stereocenters. The Morgan fingerprint density at radius 2 is 2.11 bits per heavy atom. The van der Waals surface area contributed by atoms with Crippen molar-refractivity contribution in [3.8, 4) is 0 Å². The van der Waals surface area contributed by atoms with Crippen LogP contribution in [0.4, 0.5) is 3.89 Å². The van der Waals surface area contributed by atoms with E-state index in [0.29, 0.717) is 6.42 Å². The first-order valence-corrected chi connectivity index (χ1v) is 4.11. The predicted molar refractivity (Wildman–Crippen MR) is 31.1 cm³/mol. The summed E-state index contributed by atoms with van der Waals surface area (Å²) >= 11 is 0. The summed E-state index contributed by atoms with van der Waals surface area (Å²) < 4.78 is 35.4. The normalized spacial score (nSPS) is 11.8. The molecule has 0 aliphatic heterocycles. The largest absolute Gasteiger partial charge is 0.363 e. The van der Waals surface area contributed by atoms with Gasteiger partial charge in [-0.2, -0.15) is 8.42 Å². The molecule has 0 N–H and O–H groups in total. The highest BCUT2D eigenvalue weighted by Gasteiger charge is 2.04. The summed E-state index contributed by atoms with van der Waals surface area (Å²) in [6, 6.07) is 0. The second kappa shape index (κ2) is 3.79. The molecule has 0 aliphatic carbocycles. The van der Waals surface area contributed by atoms with Crippen molar-refractivity contribution in [2.24, 2.45) is 0 Å². The van der Waals surface area contributed by atoms with Crippen LogP contribution in [0, 0.1) is 0 Å². The summed E-state index contributed by atoms with van der Waals surface area (Å²) in [5.41, 5.74) is 0. The van der Waals surface area contributed by atoms with Crippen molar-refractivity contribution in [1.29, 1.82) is 0 Å². The molecule has 0 spiro atoms. The molecule has 0 saturated heterocycles. The third kappa shape index (κ3) is 7.84. The van der Waals surface area contributed by atoms with Gasteiger partial charge in [0, 0.05) is 6.61 Å². The van der Waals surface area contributed by atoms with Crippen molar-refractivity contribution in [3.05, 3.63) is 0 Å². The van der Waals surface area contributed by atoms with Crippen LogP contribution in [0.2, 0.25) is 0 Å². The van der Waals surface area contributed by atoms with Crippen molar-refractivity contribution >= 4 is 10.2 Å². The Morgan fingerprint density at radius 3 is 2.44 bits per heavy atom. The molecule has 0 saturated carbocycles. The molecule has 9 heavy (non-hydrogen) atoms. The minimum absolute atomic E-state index is 0.281. The standard InChI is InChI=1S/C4H9FO3S/c1-2-3-8-4-9(5,6)7/h2-4H2,1H3. The zero-order valence-electron chi connectivity index (χ0n) is 5.13. The highest BCUT2D eigenvalue weighted by Crippen LogP contribution is 1.91. The van der Waals surface area contributed by atoms with E-state index in [0.717, 1.165) is 0 Å². The Kier molecular flexibility index (Phi) is 3.72.